The van der Waals surface area contributed by atoms with Gasteiger partial charge in [-0.3, -0.25) is 0 Å². The Morgan fingerprint density at radius 2 is 2.25 bits per heavy atom. The van der Waals surface area contributed by atoms with Gasteiger partial charge in [0.05, 0.1) is 6.67 Å². The van der Waals surface area contributed by atoms with Gasteiger partial charge in [0.2, 0.25) is 0 Å². The Kier molecular flexibility index (Phi) is 1.34. The lowest BCUT2D eigenvalue weighted by molar-refractivity contribution is 0.335. The Bertz CT molecular complexity index is 122. The van der Waals surface area contributed by atoms with Crippen LogP contribution in [0.2, 0.25) is 0 Å². The van der Waals surface area contributed by atoms with E-state index in [1.807, 2.05) is 30.1 Å². The van der Waals surface area contributed by atoms with Crippen LogP contribution in [0.15, 0.2) is 11.4 Å². The van der Waals surface area contributed by atoms with E-state index < -0.39 is 0 Å². The summed E-state index contributed by atoms with van der Waals surface area (Å²) in [6.07, 6.45) is 1.90. The Morgan fingerprint density at radius 3 is 2.38 bits per heavy atom. The summed E-state index contributed by atoms with van der Waals surface area (Å²) >= 11 is 5.70. The van der Waals surface area contributed by atoms with Gasteiger partial charge in [0.1, 0.15) is 5.16 Å². The predicted octanol–water partition coefficient (Wildman–Crippen LogP) is 0.859. The molecule has 46 valence electrons. The first-order valence-corrected chi connectivity index (χ1v) is 2.86. The van der Waals surface area contributed by atoms with Crippen molar-refractivity contribution >= 4 is 11.6 Å². The molecule has 0 aromatic heterocycles. The second-order valence-electron chi connectivity index (χ2n) is 2.05. The van der Waals surface area contributed by atoms with Gasteiger partial charge >= 0.3 is 0 Å². The second kappa shape index (κ2) is 1.86. The first kappa shape index (κ1) is 5.76. The van der Waals surface area contributed by atoms with E-state index in [-0.39, 0.29) is 0 Å². The lowest BCUT2D eigenvalue weighted by Gasteiger charge is -2.12. The van der Waals surface area contributed by atoms with Crippen molar-refractivity contribution in [2.24, 2.45) is 0 Å². The van der Waals surface area contributed by atoms with Gasteiger partial charge in [0, 0.05) is 20.3 Å². The zero-order valence-electron chi connectivity index (χ0n) is 5.06. The van der Waals surface area contributed by atoms with Crippen molar-refractivity contribution in [2.45, 2.75) is 0 Å². The van der Waals surface area contributed by atoms with Gasteiger partial charge in [-0.15, -0.1) is 0 Å². The molecular weight excluding hydrogens is 124 g/mol. The predicted molar refractivity (Wildman–Crippen MR) is 34.3 cm³/mol. The minimum atomic E-state index is 0.813. The average Bonchev–Trinajstić information content (AvgIpc) is 1.85. The van der Waals surface area contributed by atoms with Crippen LogP contribution in [0.25, 0.3) is 0 Å². The Hall–Kier alpha value is -0.370. The van der Waals surface area contributed by atoms with Crippen LogP contribution in [0.3, 0.4) is 0 Å². The molecule has 1 heterocycles. The highest BCUT2D eigenvalue weighted by Gasteiger charge is 2.10. The maximum absolute atomic E-state index is 5.70. The molecule has 0 aliphatic carbocycles. The lowest BCUT2D eigenvalue weighted by atomic mass is 10.8. The van der Waals surface area contributed by atoms with Crippen LogP contribution in [-0.2, 0) is 0 Å². The van der Waals surface area contributed by atoms with E-state index in [1.165, 1.54) is 0 Å². The van der Waals surface area contributed by atoms with Crippen molar-refractivity contribution in [2.75, 3.05) is 20.8 Å². The summed E-state index contributed by atoms with van der Waals surface area (Å²) in [5, 5.41) is 0.813. The third-order valence-electron chi connectivity index (χ3n) is 1.13. The van der Waals surface area contributed by atoms with Gasteiger partial charge in [0.25, 0.3) is 0 Å². The third-order valence-corrected chi connectivity index (χ3v) is 1.51. The first-order valence-electron chi connectivity index (χ1n) is 2.49. The Morgan fingerprint density at radius 1 is 1.62 bits per heavy atom. The topological polar surface area (TPSA) is 6.48 Å². The molecule has 8 heavy (non-hydrogen) atoms. The summed E-state index contributed by atoms with van der Waals surface area (Å²) in [5.41, 5.74) is 0. The number of nitrogens with zero attached hydrogens (tertiary/aromatic N) is 2. The Balaban J connectivity index is 2.59. The van der Waals surface area contributed by atoms with Gasteiger partial charge in [0.15, 0.2) is 0 Å². The van der Waals surface area contributed by atoms with Crippen molar-refractivity contribution in [3.05, 3.63) is 11.4 Å². The van der Waals surface area contributed by atoms with Gasteiger partial charge < -0.3 is 9.80 Å². The van der Waals surface area contributed by atoms with E-state index in [0.717, 1.165) is 11.8 Å². The SMILES string of the molecule is CN1C=C(Cl)N(C)C1. The van der Waals surface area contributed by atoms with E-state index in [1.54, 1.807) is 0 Å². The molecule has 0 bridgehead atoms. The van der Waals surface area contributed by atoms with Gasteiger partial charge in [-0.1, -0.05) is 11.6 Å². The molecule has 0 fully saturated rings. The van der Waals surface area contributed by atoms with Crippen LogP contribution in [-0.4, -0.2) is 30.6 Å². The zero-order chi connectivity index (χ0) is 6.15. The van der Waals surface area contributed by atoms with Crippen LogP contribution in [0.5, 0.6) is 0 Å². The normalized spacial score (nSPS) is 19.6. The standard InChI is InChI=1S/C5H9ClN2/c1-7-3-5(6)8(2)4-7/h3H,4H2,1-2H3. The van der Waals surface area contributed by atoms with Crippen molar-refractivity contribution in [1.82, 2.24) is 9.80 Å². The first-order chi connectivity index (χ1) is 3.70. The molecule has 0 atom stereocenters. The van der Waals surface area contributed by atoms with Gasteiger partial charge in [-0.05, 0) is 0 Å². The zero-order valence-corrected chi connectivity index (χ0v) is 5.81. The average molecular weight is 133 g/mol. The minimum absolute atomic E-state index is 0.813. The smallest absolute Gasteiger partial charge is 0.122 e. The number of halogens is 1. The summed E-state index contributed by atoms with van der Waals surface area (Å²) in [7, 11) is 3.95. The summed E-state index contributed by atoms with van der Waals surface area (Å²) in [4.78, 5) is 4.00. The quantitative estimate of drug-likeness (QED) is 0.451. The minimum Gasteiger partial charge on any atom is -0.360 e. The Labute approximate surface area is 54.3 Å². The van der Waals surface area contributed by atoms with E-state index >= 15 is 0 Å². The van der Waals surface area contributed by atoms with E-state index in [0.29, 0.717) is 0 Å². The fraction of sp³-hybridized carbons (Fsp3) is 0.600. The molecule has 0 amide bonds. The maximum atomic E-state index is 5.70. The van der Waals surface area contributed by atoms with E-state index in [2.05, 4.69) is 0 Å². The molecule has 1 rings (SSSR count). The monoisotopic (exact) mass is 132 g/mol. The molecule has 0 spiro atoms. The molecular formula is C5H9ClN2. The van der Waals surface area contributed by atoms with Crippen LogP contribution in [0, 0.1) is 0 Å². The molecule has 2 nitrogen and oxygen atoms in total. The van der Waals surface area contributed by atoms with Crippen molar-refractivity contribution < 1.29 is 0 Å². The van der Waals surface area contributed by atoms with Gasteiger partial charge in [-0.25, -0.2) is 0 Å². The maximum Gasteiger partial charge on any atom is 0.122 e. The molecule has 1 aliphatic heterocycles. The summed E-state index contributed by atoms with van der Waals surface area (Å²) < 4.78 is 0. The fourth-order valence-electron chi connectivity index (χ4n) is 0.723. The van der Waals surface area contributed by atoms with Gasteiger partial charge in [-0.2, -0.15) is 0 Å². The fourth-order valence-corrected chi connectivity index (χ4v) is 0.943. The van der Waals surface area contributed by atoms with Crippen LogP contribution >= 0.6 is 11.6 Å². The number of rotatable bonds is 0. The molecule has 1 aliphatic rings. The highest BCUT2D eigenvalue weighted by Crippen LogP contribution is 2.14. The number of hydrogen-bond acceptors (Lipinski definition) is 2. The largest absolute Gasteiger partial charge is 0.360 e. The molecule has 0 saturated carbocycles. The van der Waals surface area contributed by atoms with Crippen molar-refractivity contribution in [3.63, 3.8) is 0 Å². The van der Waals surface area contributed by atoms with Crippen LogP contribution < -0.4 is 0 Å². The van der Waals surface area contributed by atoms with E-state index in [9.17, 15) is 0 Å². The summed E-state index contributed by atoms with van der Waals surface area (Å²) in [6.45, 7) is 0.902. The highest BCUT2D eigenvalue weighted by atomic mass is 35.5. The molecule has 0 unspecified atom stereocenters. The van der Waals surface area contributed by atoms with Crippen molar-refractivity contribution in [1.29, 1.82) is 0 Å². The van der Waals surface area contributed by atoms with Crippen molar-refractivity contribution in [3.8, 4) is 0 Å². The third kappa shape index (κ3) is 0.892. The molecule has 0 aromatic rings. The molecule has 0 radical (unpaired) electrons. The van der Waals surface area contributed by atoms with E-state index in [4.69, 9.17) is 11.6 Å². The van der Waals surface area contributed by atoms with Crippen LogP contribution in [0.1, 0.15) is 0 Å². The van der Waals surface area contributed by atoms with Crippen LogP contribution in [0.4, 0.5) is 0 Å². The number of hydrogen-bond donors (Lipinski definition) is 0. The highest BCUT2D eigenvalue weighted by molar-refractivity contribution is 6.29. The molecule has 0 N–H and O–H groups in total. The molecule has 0 saturated heterocycles. The second-order valence-corrected chi connectivity index (χ2v) is 2.44. The summed E-state index contributed by atoms with van der Waals surface area (Å²) in [5.74, 6) is 0. The molecule has 3 heteroatoms. The lowest BCUT2D eigenvalue weighted by Crippen LogP contribution is -2.18. The molecule has 0 aromatic carbocycles. The summed E-state index contributed by atoms with van der Waals surface area (Å²) in [6, 6.07) is 0.